The molecular formula is C12H12BrNO. The minimum Gasteiger partial charge on any atom is -0.508 e. The van der Waals surface area contributed by atoms with Gasteiger partial charge in [0, 0.05) is 11.0 Å². The summed E-state index contributed by atoms with van der Waals surface area (Å²) in [6.07, 6.45) is 0. The predicted octanol–water partition coefficient (Wildman–Crippen LogP) is 3.03. The maximum Gasteiger partial charge on any atom is 0.117 e. The van der Waals surface area contributed by atoms with Gasteiger partial charge in [-0.2, -0.15) is 0 Å². The quantitative estimate of drug-likeness (QED) is 0.875. The van der Waals surface area contributed by atoms with Gasteiger partial charge in [0.15, 0.2) is 0 Å². The first-order chi connectivity index (χ1) is 7.20. The number of rotatable bonds is 2. The number of fused-ring (bicyclic) bond motifs is 1. The Morgan fingerprint density at radius 2 is 2.07 bits per heavy atom. The summed E-state index contributed by atoms with van der Waals surface area (Å²) in [7, 11) is 1.93. The Kier molecular flexibility index (Phi) is 2.93. The van der Waals surface area contributed by atoms with Crippen molar-refractivity contribution in [2.75, 3.05) is 7.05 Å². The van der Waals surface area contributed by atoms with Gasteiger partial charge in [-0.3, -0.25) is 0 Å². The van der Waals surface area contributed by atoms with E-state index >= 15 is 0 Å². The van der Waals surface area contributed by atoms with E-state index in [0.29, 0.717) is 0 Å². The van der Waals surface area contributed by atoms with Crippen LogP contribution in [0.1, 0.15) is 5.56 Å². The Bertz CT molecular complexity index is 496. The van der Waals surface area contributed by atoms with Gasteiger partial charge in [0.05, 0.1) is 0 Å². The molecule has 0 saturated heterocycles. The monoisotopic (exact) mass is 265 g/mol. The maximum absolute atomic E-state index is 9.44. The minimum absolute atomic E-state index is 0.288. The number of benzene rings is 2. The first-order valence-corrected chi connectivity index (χ1v) is 5.56. The summed E-state index contributed by atoms with van der Waals surface area (Å²) < 4.78 is 0.926. The van der Waals surface area contributed by atoms with Crippen LogP contribution in [0, 0.1) is 0 Å². The van der Waals surface area contributed by atoms with Gasteiger partial charge in [-0.25, -0.2) is 0 Å². The molecular weight excluding hydrogens is 254 g/mol. The largest absolute Gasteiger partial charge is 0.508 e. The van der Waals surface area contributed by atoms with Crippen molar-refractivity contribution in [3.05, 3.63) is 40.4 Å². The molecule has 0 radical (unpaired) electrons. The van der Waals surface area contributed by atoms with E-state index in [1.54, 1.807) is 12.1 Å². The average Bonchev–Trinajstić information content (AvgIpc) is 2.19. The third-order valence-electron chi connectivity index (χ3n) is 2.33. The van der Waals surface area contributed by atoms with Gasteiger partial charge in [-0.05, 0) is 41.6 Å². The van der Waals surface area contributed by atoms with E-state index in [1.807, 2.05) is 13.1 Å². The highest BCUT2D eigenvalue weighted by Gasteiger charge is 2.02. The second-order valence-corrected chi connectivity index (χ2v) is 4.37. The van der Waals surface area contributed by atoms with Crippen LogP contribution in [0.5, 0.6) is 5.75 Å². The van der Waals surface area contributed by atoms with Crippen LogP contribution in [0.25, 0.3) is 10.8 Å². The normalized spacial score (nSPS) is 10.8. The number of hydrogen-bond acceptors (Lipinski definition) is 2. The molecule has 0 atom stereocenters. The molecule has 78 valence electrons. The summed E-state index contributed by atoms with van der Waals surface area (Å²) in [6, 6.07) is 9.68. The molecule has 0 aliphatic carbocycles. The van der Waals surface area contributed by atoms with Gasteiger partial charge in [0.1, 0.15) is 5.75 Å². The molecule has 0 amide bonds. The van der Waals surface area contributed by atoms with E-state index in [-0.39, 0.29) is 5.75 Å². The Morgan fingerprint density at radius 1 is 1.27 bits per heavy atom. The van der Waals surface area contributed by atoms with E-state index in [2.05, 4.69) is 33.4 Å². The van der Waals surface area contributed by atoms with Crippen molar-refractivity contribution in [3.63, 3.8) is 0 Å². The molecule has 15 heavy (non-hydrogen) atoms. The van der Waals surface area contributed by atoms with Crippen LogP contribution in [0.15, 0.2) is 34.8 Å². The van der Waals surface area contributed by atoms with Crippen molar-refractivity contribution in [1.29, 1.82) is 0 Å². The number of aromatic hydroxyl groups is 1. The molecule has 0 aliphatic rings. The topological polar surface area (TPSA) is 32.3 Å². The zero-order valence-electron chi connectivity index (χ0n) is 8.42. The van der Waals surface area contributed by atoms with Crippen molar-refractivity contribution in [1.82, 2.24) is 5.32 Å². The standard InChI is InChI=1S/C12H12BrNO/c1-14-7-8-2-3-9-5-10(15)6-12(13)11(9)4-8/h2-6,14-15H,7H2,1H3. The summed E-state index contributed by atoms with van der Waals surface area (Å²) >= 11 is 3.45. The SMILES string of the molecule is CNCc1ccc2cc(O)cc(Br)c2c1. The molecule has 0 heterocycles. The van der Waals surface area contributed by atoms with Crippen LogP contribution >= 0.6 is 15.9 Å². The number of phenols is 1. The smallest absolute Gasteiger partial charge is 0.117 e. The van der Waals surface area contributed by atoms with Gasteiger partial charge in [0.25, 0.3) is 0 Å². The number of phenolic OH excluding ortho intramolecular Hbond substituents is 1. The van der Waals surface area contributed by atoms with Crippen molar-refractivity contribution in [2.24, 2.45) is 0 Å². The molecule has 0 spiro atoms. The van der Waals surface area contributed by atoms with Crippen molar-refractivity contribution in [3.8, 4) is 5.75 Å². The fraction of sp³-hybridized carbons (Fsp3) is 0.167. The fourth-order valence-electron chi connectivity index (χ4n) is 1.66. The second-order valence-electron chi connectivity index (χ2n) is 3.51. The van der Waals surface area contributed by atoms with E-state index in [1.165, 1.54) is 5.56 Å². The zero-order chi connectivity index (χ0) is 10.8. The van der Waals surface area contributed by atoms with E-state index in [4.69, 9.17) is 0 Å². The summed E-state index contributed by atoms with van der Waals surface area (Å²) in [6.45, 7) is 0.850. The highest BCUT2D eigenvalue weighted by molar-refractivity contribution is 9.10. The summed E-state index contributed by atoms with van der Waals surface area (Å²) in [5, 5.41) is 14.7. The number of nitrogens with one attached hydrogen (secondary N) is 1. The maximum atomic E-state index is 9.44. The predicted molar refractivity (Wildman–Crippen MR) is 66.1 cm³/mol. The molecule has 2 aromatic rings. The van der Waals surface area contributed by atoms with Gasteiger partial charge in [-0.15, -0.1) is 0 Å². The van der Waals surface area contributed by atoms with Gasteiger partial charge in [-0.1, -0.05) is 28.1 Å². The molecule has 2 aromatic carbocycles. The first kappa shape index (κ1) is 10.5. The van der Waals surface area contributed by atoms with Crippen LogP contribution in [-0.4, -0.2) is 12.2 Å². The molecule has 0 unspecified atom stereocenters. The highest BCUT2D eigenvalue weighted by atomic mass is 79.9. The van der Waals surface area contributed by atoms with Crippen LogP contribution in [-0.2, 0) is 6.54 Å². The Hall–Kier alpha value is -1.06. The lowest BCUT2D eigenvalue weighted by molar-refractivity contribution is 0.476. The summed E-state index contributed by atoms with van der Waals surface area (Å²) in [5.41, 5.74) is 1.23. The number of hydrogen-bond donors (Lipinski definition) is 2. The van der Waals surface area contributed by atoms with Crippen molar-refractivity contribution < 1.29 is 5.11 Å². The Morgan fingerprint density at radius 3 is 2.80 bits per heavy atom. The van der Waals surface area contributed by atoms with Crippen molar-refractivity contribution >= 4 is 26.7 Å². The first-order valence-electron chi connectivity index (χ1n) is 4.76. The lowest BCUT2D eigenvalue weighted by Gasteiger charge is -2.05. The molecule has 2 N–H and O–H groups in total. The molecule has 2 nitrogen and oxygen atoms in total. The molecule has 0 aromatic heterocycles. The fourth-order valence-corrected chi connectivity index (χ4v) is 2.24. The number of halogens is 1. The highest BCUT2D eigenvalue weighted by Crippen LogP contribution is 2.29. The average molecular weight is 266 g/mol. The van der Waals surface area contributed by atoms with E-state index in [0.717, 1.165) is 21.8 Å². The van der Waals surface area contributed by atoms with Gasteiger partial charge >= 0.3 is 0 Å². The van der Waals surface area contributed by atoms with E-state index < -0.39 is 0 Å². The molecule has 0 saturated carbocycles. The summed E-state index contributed by atoms with van der Waals surface area (Å²) in [4.78, 5) is 0. The lowest BCUT2D eigenvalue weighted by Crippen LogP contribution is -2.04. The van der Waals surface area contributed by atoms with Gasteiger partial charge in [0.2, 0.25) is 0 Å². The molecule has 0 aliphatic heterocycles. The Balaban J connectivity index is 2.60. The third kappa shape index (κ3) is 2.13. The van der Waals surface area contributed by atoms with Crippen LogP contribution in [0.4, 0.5) is 0 Å². The Labute approximate surface area is 97.1 Å². The second kappa shape index (κ2) is 4.21. The van der Waals surface area contributed by atoms with Crippen LogP contribution in [0.2, 0.25) is 0 Å². The minimum atomic E-state index is 0.288. The summed E-state index contributed by atoms with van der Waals surface area (Å²) in [5.74, 6) is 0.288. The molecule has 0 fully saturated rings. The molecule has 2 rings (SSSR count). The van der Waals surface area contributed by atoms with Crippen LogP contribution in [0.3, 0.4) is 0 Å². The van der Waals surface area contributed by atoms with Crippen LogP contribution < -0.4 is 5.32 Å². The molecule has 3 heteroatoms. The third-order valence-corrected chi connectivity index (χ3v) is 2.99. The zero-order valence-corrected chi connectivity index (χ0v) is 10.0. The van der Waals surface area contributed by atoms with E-state index in [9.17, 15) is 5.11 Å². The van der Waals surface area contributed by atoms with Gasteiger partial charge < -0.3 is 10.4 Å². The lowest BCUT2D eigenvalue weighted by atomic mass is 10.1. The van der Waals surface area contributed by atoms with Crippen molar-refractivity contribution in [2.45, 2.75) is 6.54 Å². The molecule has 0 bridgehead atoms.